The molecule has 0 bridgehead atoms. The van der Waals surface area contributed by atoms with Crippen molar-refractivity contribution >= 4 is 17.2 Å². The average molecular weight is 619 g/mol. The molecular weight excluding hydrogens is 554 g/mol. The molecule has 0 saturated heterocycles. The first-order valence-corrected chi connectivity index (χ1v) is 18.1. The van der Waals surface area contributed by atoms with Gasteiger partial charge in [0, 0.05) is 0 Å². The molecule has 0 saturated carbocycles. The summed E-state index contributed by atoms with van der Waals surface area (Å²) in [6.45, 7) is 3.34. The fraction of sp³-hybridized carbons (Fsp3) is 1.00. The van der Waals surface area contributed by atoms with Crippen molar-refractivity contribution in [1.82, 2.24) is 0 Å². The maximum absolute atomic E-state index is 11.5. The number of rotatable bonds is 28. The number of aliphatic hydroxyl groups excluding tert-OH is 3. The molecule has 0 radical (unpaired) electrons. The van der Waals surface area contributed by atoms with Gasteiger partial charge in [-0.15, -0.1) is 0 Å². The first-order valence-electron chi connectivity index (χ1n) is 15.8. The lowest BCUT2D eigenvalue weighted by molar-refractivity contribution is -0.162. The second kappa shape index (κ2) is 29.6. The van der Waals surface area contributed by atoms with Crippen molar-refractivity contribution in [3.05, 3.63) is 0 Å². The van der Waals surface area contributed by atoms with E-state index in [1.54, 1.807) is 0 Å². The molecule has 0 unspecified atom stereocenters. The molecule has 0 amide bonds. The predicted octanol–water partition coefficient (Wildman–Crippen LogP) is 6.73. The summed E-state index contributed by atoms with van der Waals surface area (Å²) in [5.41, 5.74) is -2.42. The summed E-state index contributed by atoms with van der Waals surface area (Å²) in [6.07, 6.45) is 25.7. The van der Waals surface area contributed by atoms with Crippen LogP contribution in [0.3, 0.4) is 0 Å². The summed E-state index contributed by atoms with van der Waals surface area (Å²) < 4.78 is 3.60. The monoisotopic (exact) mass is 618 g/mol. The minimum absolute atomic E-state index is 0.383. The van der Waals surface area contributed by atoms with Crippen LogP contribution in [0.25, 0.3) is 0 Å². The van der Waals surface area contributed by atoms with Gasteiger partial charge in [-0.25, -0.2) is 4.31 Å². The molecule has 0 aliphatic heterocycles. The fourth-order valence-electron chi connectivity index (χ4n) is 5.12. The van der Waals surface area contributed by atoms with Crippen LogP contribution in [0.15, 0.2) is 0 Å². The van der Waals surface area contributed by atoms with Gasteiger partial charge in [-0.1, -0.05) is 142 Å². The number of hydrogen-bond donors (Lipinski definition) is 8. The molecule has 0 heterocycles. The van der Waals surface area contributed by atoms with E-state index in [1.807, 2.05) is 0 Å². The molecular formula is C29H64O9P2. The summed E-state index contributed by atoms with van der Waals surface area (Å²) in [7, 11) is -5.22. The Hall–Kier alpha value is 0.500. The zero-order chi connectivity index (χ0) is 30.5. The number of hydrogen-bond acceptors (Lipinski definition) is 9. The Labute approximate surface area is 247 Å². The average Bonchev–Trinajstić information content (AvgIpc) is 2.91. The lowest BCUT2D eigenvalue weighted by Crippen LogP contribution is -2.55. The lowest BCUT2D eigenvalue weighted by Gasteiger charge is -2.44. The highest BCUT2D eigenvalue weighted by Crippen LogP contribution is 2.42. The van der Waals surface area contributed by atoms with Crippen LogP contribution in [0.5, 0.6) is 0 Å². The van der Waals surface area contributed by atoms with Crippen molar-refractivity contribution in [3.63, 3.8) is 0 Å². The van der Waals surface area contributed by atoms with Gasteiger partial charge in [0.15, 0.2) is 0 Å². The van der Waals surface area contributed by atoms with E-state index in [1.165, 1.54) is 103 Å². The summed E-state index contributed by atoms with van der Waals surface area (Å²) >= 11 is 0. The third-order valence-corrected chi connectivity index (χ3v) is 9.10. The Morgan fingerprint density at radius 1 is 0.450 bits per heavy atom. The highest BCUT2D eigenvalue weighted by Gasteiger charge is 2.48. The normalized spacial score (nSPS) is 12.3. The maximum atomic E-state index is 11.5. The van der Waals surface area contributed by atoms with E-state index >= 15 is 0 Å². The van der Waals surface area contributed by atoms with Gasteiger partial charge in [0.05, 0.1) is 30.8 Å². The molecule has 0 aliphatic rings. The molecule has 8 N–H and O–H groups in total. The van der Waals surface area contributed by atoms with Crippen molar-refractivity contribution in [3.8, 4) is 0 Å². The van der Waals surface area contributed by atoms with Gasteiger partial charge in [0.25, 0.3) is 0 Å². The van der Waals surface area contributed by atoms with Gasteiger partial charge in [-0.05, 0) is 12.8 Å². The second-order valence-electron chi connectivity index (χ2n) is 11.2. The van der Waals surface area contributed by atoms with Crippen molar-refractivity contribution in [2.75, 3.05) is 19.8 Å². The van der Waals surface area contributed by atoms with E-state index in [0.717, 1.165) is 25.7 Å². The molecule has 0 aliphatic carbocycles. The summed E-state index contributed by atoms with van der Waals surface area (Å²) in [5.74, 6) is 0. The summed E-state index contributed by atoms with van der Waals surface area (Å²) in [4.78, 5) is 31.3. The van der Waals surface area contributed by atoms with Crippen molar-refractivity contribution < 1.29 is 44.3 Å². The topological polar surface area (TPSA) is 171 Å². The van der Waals surface area contributed by atoms with Crippen molar-refractivity contribution in [1.29, 1.82) is 0 Å². The molecule has 0 atom stereocenters. The van der Waals surface area contributed by atoms with E-state index < -0.39 is 28.2 Å². The lowest BCUT2D eigenvalue weighted by atomic mass is 9.68. The molecule has 11 heteroatoms. The van der Waals surface area contributed by atoms with E-state index in [-0.39, 0.29) is 19.8 Å². The SMILES string of the molecule is CCCCCCCCCCCCC(O)(CCCCCCCCCCCC)C(CO)(CO)CO.OP(O)OP(O)O. The Bertz CT molecular complexity index is 472. The van der Waals surface area contributed by atoms with Gasteiger partial charge in [0.1, 0.15) is 0 Å². The minimum atomic E-state index is -2.61. The highest BCUT2D eigenvalue weighted by molar-refractivity contribution is 7.53. The van der Waals surface area contributed by atoms with Crippen LogP contribution in [0, 0.1) is 5.41 Å². The van der Waals surface area contributed by atoms with Crippen molar-refractivity contribution in [2.24, 2.45) is 5.41 Å². The van der Waals surface area contributed by atoms with Crippen LogP contribution in [0.4, 0.5) is 0 Å². The van der Waals surface area contributed by atoms with E-state index in [9.17, 15) is 20.4 Å². The van der Waals surface area contributed by atoms with Crippen LogP contribution < -0.4 is 0 Å². The van der Waals surface area contributed by atoms with E-state index in [4.69, 9.17) is 19.6 Å². The third kappa shape index (κ3) is 23.0. The number of aliphatic hydroxyl groups is 4. The minimum Gasteiger partial charge on any atom is -0.395 e. The van der Waals surface area contributed by atoms with Gasteiger partial charge in [-0.3, -0.25) is 0 Å². The van der Waals surface area contributed by atoms with Gasteiger partial charge in [-0.2, -0.15) is 0 Å². The standard InChI is InChI=1S/C29H60O4.H4O5P2/c1-3-5-7-9-11-13-15-17-19-21-23-29(33,28(25-30,26-31)27-32)24-22-20-18-16-14-12-10-8-6-4-2;1-6(2)5-7(3)4/h30-33H,3-27H2,1-2H3;1-4H. The Morgan fingerprint density at radius 3 is 0.900 bits per heavy atom. The first kappa shape index (κ1) is 42.6. The van der Waals surface area contributed by atoms with Gasteiger partial charge in [0.2, 0.25) is 0 Å². The highest BCUT2D eigenvalue weighted by atomic mass is 31.2. The Balaban J connectivity index is 0. The molecule has 40 heavy (non-hydrogen) atoms. The third-order valence-electron chi connectivity index (χ3n) is 7.93. The Kier molecular flexibility index (Phi) is 31.5. The molecule has 0 rings (SSSR count). The molecule has 0 aromatic carbocycles. The molecule has 0 aromatic heterocycles. The van der Waals surface area contributed by atoms with Crippen molar-refractivity contribution in [2.45, 2.75) is 161 Å². The van der Waals surface area contributed by atoms with Crippen LogP contribution >= 0.6 is 17.2 Å². The number of unbranched alkanes of at least 4 members (excludes halogenated alkanes) is 18. The van der Waals surface area contributed by atoms with Crippen LogP contribution in [-0.2, 0) is 4.31 Å². The van der Waals surface area contributed by atoms with E-state index in [2.05, 4.69) is 18.2 Å². The molecule has 244 valence electrons. The molecule has 9 nitrogen and oxygen atoms in total. The summed E-state index contributed by atoms with van der Waals surface area (Å²) in [6, 6.07) is 0. The Morgan fingerprint density at radius 2 is 0.700 bits per heavy atom. The zero-order valence-corrected chi connectivity index (χ0v) is 27.3. The smallest absolute Gasteiger partial charge is 0.334 e. The molecule has 0 fully saturated rings. The first-order chi connectivity index (χ1) is 19.2. The fourth-order valence-corrected chi connectivity index (χ4v) is 5.64. The van der Waals surface area contributed by atoms with Crippen LogP contribution in [0.2, 0.25) is 0 Å². The van der Waals surface area contributed by atoms with Gasteiger partial charge >= 0.3 is 17.2 Å². The quantitative estimate of drug-likeness (QED) is 0.0350. The zero-order valence-electron chi connectivity index (χ0n) is 25.6. The predicted molar refractivity (Wildman–Crippen MR) is 165 cm³/mol. The molecule has 0 aromatic rings. The van der Waals surface area contributed by atoms with E-state index in [0.29, 0.717) is 12.8 Å². The van der Waals surface area contributed by atoms with Gasteiger partial charge < -0.3 is 40.0 Å². The molecule has 0 spiro atoms. The largest absolute Gasteiger partial charge is 0.395 e. The second-order valence-corrected chi connectivity index (χ2v) is 12.9. The maximum Gasteiger partial charge on any atom is 0.334 e. The summed E-state index contributed by atoms with van der Waals surface area (Å²) in [5, 5.41) is 41.4. The van der Waals surface area contributed by atoms with Crippen LogP contribution in [0.1, 0.15) is 155 Å². The van der Waals surface area contributed by atoms with Crippen LogP contribution in [-0.4, -0.2) is 65.4 Å².